The number of imidazole rings is 6. The van der Waals surface area contributed by atoms with Crippen molar-refractivity contribution in [2.75, 3.05) is 70.3 Å². The zero-order valence-corrected chi connectivity index (χ0v) is 69.4. The van der Waals surface area contributed by atoms with Crippen LogP contribution >= 0.6 is 11.6 Å². The van der Waals surface area contributed by atoms with Crippen LogP contribution in [0.15, 0.2) is 94.3 Å². The highest BCUT2D eigenvalue weighted by molar-refractivity contribution is 6.18. The van der Waals surface area contributed by atoms with Crippen molar-refractivity contribution >= 4 is 90.0 Å². The number of ether oxygens (including phenoxy) is 6. The van der Waals surface area contributed by atoms with E-state index in [0.717, 1.165) is 6.08 Å². The Hall–Kier alpha value is -11.0. The Bertz CT molecular complexity index is 6040. The van der Waals surface area contributed by atoms with Gasteiger partial charge >= 0.3 is 0 Å². The maximum atomic E-state index is 14.4. The topological polar surface area (TPSA) is 686 Å². The fourth-order valence-electron chi connectivity index (χ4n) is 15.3. The summed E-state index contributed by atoms with van der Waals surface area (Å²) in [6.07, 6.45) is -16.5. The first kappa shape index (κ1) is 95.6. The van der Waals surface area contributed by atoms with Gasteiger partial charge in [-0.3, -0.25) is 46.6 Å². The third kappa shape index (κ3) is 16.5. The summed E-state index contributed by atoms with van der Waals surface area (Å²) in [6.45, 7) is 7.04. The molecular formula is C74H90ClF7N24O23. The minimum atomic E-state index is -1.99. The average molecular weight is 1850 g/mol. The normalized spacial score (nSPS) is 31.6. The number of aromatic nitrogens is 22. The van der Waals surface area contributed by atoms with E-state index in [9.17, 15) is 116 Å². The zero-order valence-electron chi connectivity index (χ0n) is 68.6. The molecule has 0 bridgehead atoms. The van der Waals surface area contributed by atoms with Crippen molar-refractivity contribution in [1.82, 2.24) is 107 Å². The van der Waals surface area contributed by atoms with Gasteiger partial charge in [0.25, 0.3) is 22.2 Å². The van der Waals surface area contributed by atoms with Crippen LogP contribution in [0.5, 0.6) is 0 Å². The van der Waals surface area contributed by atoms with E-state index in [1.807, 2.05) is 0 Å². The number of H-pyrrole nitrogens is 4. The zero-order chi connectivity index (χ0) is 94.0. The molecule has 6 saturated heterocycles. The van der Waals surface area contributed by atoms with Gasteiger partial charge in [0.1, 0.15) is 106 Å². The molecule has 0 unspecified atom stereocenters. The summed E-state index contributed by atoms with van der Waals surface area (Å²) >= 11 is 5.71. The van der Waals surface area contributed by atoms with Crippen molar-refractivity contribution in [3.05, 3.63) is 140 Å². The van der Waals surface area contributed by atoms with Gasteiger partial charge in [0.2, 0.25) is 0 Å². The predicted molar refractivity (Wildman–Crippen MR) is 430 cm³/mol. The lowest BCUT2D eigenvalue weighted by Gasteiger charge is -2.28. The Morgan fingerprint density at radius 3 is 0.953 bits per heavy atom. The molecule has 18 rings (SSSR count). The van der Waals surface area contributed by atoms with E-state index in [1.54, 1.807) is 40.7 Å². The lowest BCUT2D eigenvalue weighted by molar-refractivity contribution is -0.149. The quantitative estimate of drug-likeness (QED) is 0.0251. The number of rotatable bonds is 17. The second-order valence-electron chi connectivity index (χ2n) is 31.2. The molecule has 6 aliphatic heterocycles. The fraction of sp³-hybridized carbons (Fsp3) is 0.541. The van der Waals surface area contributed by atoms with Crippen LogP contribution in [0.4, 0.5) is 42.1 Å². The molecule has 700 valence electrons. The monoisotopic (exact) mass is 1850 g/mol. The number of aryl methyl sites for hydroxylation is 4. The Morgan fingerprint density at radius 1 is 0.403 bits per heavy atom. The maximum Gasteiger partial charge on any atom is 0.279 e. The summed E-state index contributed by atoms with van der Waals surface area (Å²) in [5.41, 5.74) is 2.79. The Labute approximate surface area is 722 Å². The van der Waals surface area contributed by atoms with Gasteiger partial charge in [-0.05, 0) is 53.2 Å². The van der Waals surface area contributed by atoms with Crippen LogP contribution in [0.2, 0.25) is 0 Å². The number of nitrogen functional groups attached to an aromatic ring is 2. The molecule has 12 aromatic heterocycles. The summed E-state index contributed by atoms with van der Waals surface area (Å²) in [4.78, 5) is 105. The molecule has 23 atom stereocenters. The van der Waals surface area contributed by atoms with Crippen molar-refractivity contribution in [3.63, 3.8) is 0 Å². The predicted octanol–water partition coefficient (Wildman–Crippen LogP) is -2.69. The molecule has 12 aromatic rings. The van der Waals surface area contributed by atoms with Crippen LogP contribution in [-0.2, 0) is 28.4 Å². The molecular weight excluding hydrogens is 1760 g/mol. The number of fused-ring (bicyclic) bond motifs is 6. The van der Waals surface area contributed by atoms with Crippen molar-refractivity contribution < 1.29 is 126 Å². The van der Waals surface area contributed by atoms with E-state index in [1.165, 1.54) is 90.8 Å². The number of nitrogens with one attached hydrogen (secondary N) is 4. The molecule has 0 amide bonds. The first-order valence-electron chi connectivity index (χ1n) is 39.1. The second-order valence-corrected chi connectivity index (χ2v) is 31.5. The van der Waals surface area contributed by atoms with Crippen LogP contribution in [0.1, 0.15) is 80.9 Å². The van der Waals surface area contributed by atoms with Crippen LogP contribution in [0, 0.1) is 27.7 Å². The summed E-state index contributed by atoms with van der Waals surface area (Å²) in [7, 11) is 0. The van der Waals surface area contributed by atoms with Crippen LogP contribution in [0.25, 0.3) is 67.0 Å². The van der Waals surface area contributed by atoms with Gasteiger partial charge in [-0.1, -0.05) is 13.0 Å². The number of pyridine rings is 2. The number of nitrogens with two attached hydrogens (primary N) is 2. The van der Waals surface area contributed by atoms with Crippen LogP contribution in [0.3, 0.4) is 0 Å². The number of anilines is 2. The highest BCUT2D eigenvalue weighted by atomic mass is 35.5. The third-order valence-electron chi connectivity index (χ3n) is 23.0. The average Bonchev–Trinajstić information content (AvgIpc) is 1.62. The van der Waals surface area contributed by atoms with Gasteiger partial charge < -0.3 is 126 Å². The van der Waals surface area contributed by atoms with Crippen molar-refractivity contribution in [1.29, 1.82) is 0 Å². The number of aliphatic hydroxyl groups excluding tert-OH is 13. The minimum Gasteiger partial charge on any atom is -0.397 e. The SMILES string of the molecule is C=C[C@]1(CO)O[C@@H](n2cnc3c(=O)[nH]c(C)nc32)[C@H](F)[C@@H]1O.CC[C@]1(CO)O[C@@H](n2cnc3c(N)ccnc32)[C@H](F)[C@@H]1O.Cc1nc2c(ncn2[C@@H]2OC(CO)(CO)[C@@H](O)[C@H]2F)c(=O)[nH]1.Cc1nc2c(ncn2[C@@H]2O[C@@](CO)(CCl)[C@@H](O)[C@H]2F)c(=O)[nH]1.Cc1nc2c(ncn2[C@@H]2O[C@](C)(CO)[C@@H](O)[C@H]2F)c(=O)[nH]1.Nc1ccnc2c1ncn2[C@@H]1O[C@@](CO)(CF)[C@@H](O)[C@H]1F. The molecule has 129 heavy (non-hydrogen) atoms. The molecule has 0 aliphatic carbocycles. The fourth-order valence-corrected chi connectivity index (χ4v) is 15.6. The molecule has 47 nitrogen and oxygen atoms in total. The maximum absolute atomic E-state index is 14.4. The number of aliphatic hydroxyl groups is 13. The minimum absolute atomic E-state index is 0.00128. The lowest BCUT2D eigenvalue weighted by atomic mass is 9.94. The number of nitrogens with zero attached hydrogens (tertiary/aromatic N) is 18. The Morgan fingerprint density at radius 2 is 0.682 bits per heavy atom. The molecule has 0 radical (unpaired) electrons. The Kier molecular flexibility index (Phi) is 27.5. The number of halogens is 8. The van der Waals surface area contributed by atoms with Crippen molar-refractivity contribution in [3.8, 4) is 0 Å². The Balaban J connectivity index is 0.000000132. The van der Waals surface area contributed by atoms with Crippen molar-refractivity contribution in [2.45, 2.75) is 193 Å². The number of hydrogen-bond donors (Lipinski definition) is 19. The smallest absolute Gasteiger partial charge is 0.279 e. The molecule has 0 spiro atoms. The molecule has 18 heterocycles. The second kappa shape index (κ2) is 37.1. The lowest BCUT2D eigenvalue weighted by Crippen LogP contribution is -2.48. The molecule has 6 fully saturated rings. The summed E-state index contributed by atoms with van der Waals surface area (Å²) in [5, 5.41) is 125. The number of alkyl halides is 8. The van der Waals surface area contributed by atoms with Gasteiger partial charge in [-0.25, -0.2) is 90.5 Å². The summed E-state index contributed by atoms with van der Waals surface area (Å²) < 4.78 is 140. The highest BCUT2D eigenvalue weighted by Crippen LogP contribution is 2.47. The molecule has 6 aliphatic rings. The van der Waals surface area contributed by atoms with Crippen LogP contribution in [-0.4, -0.2) is 340 Å². The van der Waals surface area contributed by atoms with Crippen LogP contribution < -0.4 is 33.7 Å². The largest absolute Gasteiger partial charge is 0.397 e. The van der Waals surface area contributed by atoms with Gasteiger partial charge in [-0.15, -0.1) is 18.2 Å². The number of aromatic amines is 4. The third-order valence-corrected chi connectivity index (χ3v) is 23.5. The van der Waals surface area contributed by atoms with Gasteiger partial charge in [-0.2, -0.15) is 0 Å². The van der Waals surface area contributed by atoms with E-state index in [-0.39, 0.29) is 62.6 Å². The van der Waals surface area contributed by atoms with E-state index in [0.29, 0.717) is 51.4 Å². The van der Waals surface area contributed by atoms with Gasteiger partial charge in [0.15, 0.2) is 136 Å². The first-order chi connectivity index (χ1) is 61.2. The van der Waals surface area contributed by atoms with E-state index in [4.69, 9.17) is 51.5 Å². The van der Waals surface area contributed by atoms with Gasteiger partial charge in [0, 0.05) is 12.4 Å². The molecule has 0 saturated carbocycles. The summed E-state index contributed by atoms with van der Waals surface area (Å²) in [6, 6.07) is 3.14. The van der Waals surface area contributed by atoms with E-state index < -0.39 is 220 Å². The van der Waals surface area contributed by atoms with E-state index in [2.05, 4.69) is 86.3 Å². The summed E-state index contributed by atoms with van der Waals surface area (Å²) in [5.74, 6) is 1.04. The van der Waals surface area contributed by atoms with E-state index >= 15 is 0 Å². The highest BCUT2D eigenvalue weighted by Gasteiger charge is 2.61. The molecule has 21 N–H and O–H groups in total. The standard InChI is InChI=1S/C13H15FN4O4.C13H17FN4O3.C12H14ClFN4O4.C12H14F2N4O3.C12H15FN4O5.C12H15FN4O4/c1-3-13(4-19)9(20)7(14)12(22-13)18-5-15-8-10(18)16-6(2)17-11(8)21;1-2-13(5-19)10(20)8(14)12(21-13)18-6-17-9-7(15)3-4-16-11(9)18;1-5-16-9-7(10(21)17-5)15-4-18(9)11-6(14)8(20)12(2-13,3-19)22-11;13-3-12(4-19)9(20)7(14)11(21-12)18-5-17-8-6(15)1-2-16-10(8)18;1-5-15-9-7(10(21)16-5)14-4-17(9)11-6(13)8(20)12(2-18,3-19)22-11;1-5-15-9-7(10(20)16-5)14-4-17(9)11-6(13)8(19)12(2,3-18)21-11/h3,5,7,9,12,19-20H,1,4H2,2H3,(H,16,17,21);3-4,6,8,10,12,19-20H,2,5H2,1H3,(H2,15,16);4,6,8,11,19-20H,2-3H2,1H3,(H,16,17,21);1-2,5,7,9,11,19-20H,3-4H2,(H2,15,16);4,6,8,11,18-20H,2-3H2,1H3,(H,15,16,21);4,6,8,11,18-19H,3H2,1-2H3,(H,15,16,20)/t7-,9+,12-,13-;8-,10+,12-,13-;6-,8+,11-,12-;7-,9+,11-,12-;6-,8+,11-;6-,8+,11-,12-/m111111/s1. The molecule has 55 heteroatoms. The van der Waals surface area contributed by atoms with Gasteiger partial charge in [0.05, 0.1) is 101 Å². The first-order valence-corrected chi connectivity index (χ1v) is 39.7. The number of hydrogen-bond acceptors (Lipinski definition) is 37. The molecule has 0 aromatic carbocycles. The van der Waals surface area contributed by atoms with Crippen molar-refractivity contribution in [2.24, 2.45) is 0 Å².